The molecule has 2 aromatic rings. The molecule has 0 saturated carbocycles. The first-order valence-corrected chi connectivity index (χ1v) is 9.79. The maximum absolute atomic E-state index is 12.9. The highest BCUT2D eigenvalue weighted by atomic mass is 32.2. The van der Waals surface area contributed by atoms with E-state index in [1.807, 2.05) is 4.57 Å². The molecule has 0 atom stereocenters. The van der Waals surface area contributed by atoms with Gasteiger partial charge in [0, 0.05) is 25.5 Å². The van der Waals surface area contributed by atoms with Gasteiger partial charge in [0.25, 0.3) is 0 Å². The quantitative estimate of drug-likeness (QED) is 0.681. The molecule has 7 nitrogen and oxygen atoms in total. The summed E-state index contributed by atoms with van der Waals surface area (Å²) < 4.78 is 65.0. The summed E-state index contributed by atoms with van der Waals surface area (Å²) in [5, 5.41) is 2.56. The summed E-state index contributed by atoms with van der Waals surface area (Å²) in [6.07, 6.45) is 1.82. The van der Waals surface area contributed by atoms with E-state index in [9.17, 15) is 26.4 Å². The summed E-state index contributed by atoms with van der Waals surface area (Å²) in [4.78, 5) is 15.9. The second kappa shape index (κ2) is 8.42. The molecule has 27 heavy (non-hydrogen) atoms. The van der Waals surface area contributed by atoms with Crippen LogP contribution in [0.15, 0.2) is 43.0 Å². The number of nitrogens with one attached hydrogen (secondary N) is 1. The van der Waals surface area contributed by atoms with E-state index >= 15 is 0 Å². The lowest BCUT2D eigenvalue weighted by atomic mass is 10.2. The molecule has 148 valence electrons. The van der Waals surface area contributed by atoms with Gasteiger partial charge in [-0.25, -0.2) is 13.4 Å². The van der Waals surface area contributed by atoms with E-state index in [-0.39, 0.29) is 12.2 Å². The minimum absolute atomic E-state index is 0.221. The van der Waals surface area contributed by atoms with Crippen LogP contribution in [0.2, 0.25) is 0 Å². The molecule has 0 unspecified atom stereocenters. The number of hydrogen-bond acceptors (Lipinski definition) is 4. The number of amides is 1. The number of anilines is 1. The fourth-order valence-corrected chi connectivity index (χ4v) is 3.18. The topological polar surface area (TPSA) is 84.3 Å². The maximum atomic E-state index is 12.9. The Balaban J connectivity index is 2.01. The lowest BCUT2D eigenvalue weighted by Gasteiger charge is -2.22. The normalized spacial score (nSPS) is 12.0. The Morgan fingerprint density at radius 3 is 2.67 bits per heavy atom. The number of aromatic nitrogens is 2. The predicted octanol–water partition coefficient (Wildman–Crippen LogP) is 1.87. The minimum Gasteiger partial charge on any atom is -0.354 e. The molecule has 0 saturated heterocycles. The lowest BCUT2D eigenvalue weighted by Crippen LogP contribution is -2.40. The molecule has 0 fully saturated rings. The Bertz CT molecular complexity index is 867. The number of hydrogen-bond donors (Lipinski definition) is 1. The molecule has 0 aliphatic carbocycles. The molecular weight excluding hydrogens is 385 g/mol. The van der Waals surface area contributed by atoms with Crippen molar-refractivity contribution in [3.63, 3.8) is 0 Å². The highest BCUT2D eigenvalue weighted by molar-refractivity contribution is 7.92. The first-order valence-electron chi connectivity index (χ1n) is 7.95. The Hall–Kier alpha value is -2.56. The molecule has 1 amide bonds. The second-order valence-electron chi connectivity index (χ2n) is 5.82. The van der Waals surface area contributed by atoms with Crippen molar-refractivity contribution in [2.45, 2.75) is 19.1 Å². The number of carbonyl (C=O) groups is 1. The summed E-state index contributed by atoms with van der Waals surface area (Å²) in [5.74, 6) is -0.608. The third-order valence-corrected chi connectivity index (χ3v) is 4.76. The van der Waals surface area contributed by atoms with E-state index in [2.05, 4.69) is 10.3 Å². The molecule has 2 rings (SSSR count). The van der Waals surface area contributed by atoms with Crippen molar-refractivity contribution in [1.82, 2.24) is 14.9 Å². The van der Waals surface area contributed by atoms with Crippen molar-refractivity contribution in [1.29, 1.82) is 0 Å². The molecule has 1 aromatic heterocycles. The smallest absolute Gasteiger partial charge is 0.354 e. The van der Waals surface area contributed by atoms with Gasteiger partial charge in [0.05, 0.1) is 23.8 Å². The highest BCUT2D eigenvalue weighted by Gasteiger charge is 2.31. The number of rotatable bonds is 8. The molecule has 0 spiro atoms. The van der Waals surface area contributed by atoms with E-state index in [4.69, 9.17) is 0 Å². The molecule has 11 heteroatoms. The number of aryl methyl sites for hydroxylation is 1. The zero-order chi connectivity index (χ0) is 20.1. The van der Waals surface area contributed by atoms with Crippen LogP contribution in [0.5, 0.6) is 0 Å². The summed E-state index contributed by atoms with van der Waals surface area (Å²) in [7, 11) is -3.95. The van der Waals surface area contributed by atoms with E-state index in [1.54, 1.807) is 18.7 Å². The SMILES string of the molecule is CS(=O)(=O)N(CC(=O)NCCCn1ccnc1)c1cccc(C(F)(F)F)c1. The van der Waals surface area contributed by atoms with Crippen molar-refractivity contribution in [3.05, 3.63) is 48.5 Å². The van der Waals surface area contributed by atoms with Crippen molar-refractivity contribution in [2.24, 2.45) is 0 Å². The highest BCUT2D eigenvalue weighted by Crippen LogP contribution is 2.32. The van der Waals surface area contributed by atoms with Crippen LogP contribution in [0.3, 0.4) is 0 Å². The van der Waals surface area contributed by atoms with Gasteiger partial charge in [-0.05, 0) is 24.6 Å². The van der Waals surface area contributed by atoms with Crippen LogP contribution >= 0.6 is 0 Å². The molecule has 0 aliphatic rings. The standard InChI is InChI=1S/C16H19F3N4O3S/c1-27(25,26)23(14-5-2-4-13(10-14)16(17,18)19)11-15(24)21-6-3-8-22-9-7-20-12-22/h2,4-5,7,9-10,12H,3,6,8,11H2,1H3,(H,21,24). The summed E-state index contributed by atoms with van der Waals surface area (Å²) in [5.41, 5.74) is -1.21. The summed E-state index contributed by atoms with van der Waals surface area (Å²) >= 11 is 0. The van der Waals surface area contributed by atoms with Gasteiger partial charge in [0.1, 0.15) is 6.54 Å². The zero-order valence-corrected chi connectivity index (χ0v) is 15.3. The Morgan fingerprint density at radius 1 is 1.33 bits per heavy atom. The van der Waals surface area contributed by atoms with Gasteiger partial charge in [0.2, 0.25) is 15.9 Å². The van der Waals surface area contributed by atoms with Crippen LogP contribution in [-0.2, 0) is 27.5 Å². The number of nitrogens with zero attached hydrogens (tertiary/aromatic N) is 3. The van der Waals surface area contributed by atoms with Crippen LogP contribution in [0.4, 0.5) is 18.9 Å². The van der Waals surface area contributed by atoms with Gasteiger partial charge < -0.3 is 9.88 Å². The van der Waals surface area contributed by atoms with Crippen LogP contribution in [0, 0.1) is 0 Å². The predicted molar refractivity (Wildman–Crippen MR) is 93.5 cm³/mol. The number of carbonyl (C=O) groups excluding carboxylic acids is 1. The number of imidazole rings is 1. The fraction of sp³-hybridized carbons (Fsp3) is 0.375. The van der Waals surface area contributed by atoms with Crippen molar-refractivity contribution in [3.8, 4) is 0 Å². The lowest BCUT2D eigenvalue weighted by molar-refractivity contribution is -0.137. The third kappa shape index (κ3) is 6.27. The monoisotopic (exact) mass is 404 g/mol. The van der Waals surface area contributed by atoms with E-state index in [1.165, 1.54) is 6.07 Å². The second-order valence-corrected chi connectivity index (χ2v) is 7.73. The first kappa shape index (κ1) is 20.7. The number of alkyl halides is 3. The van der Waals surface area contributed by atoms with Gasteiger partial charge in [0.15, 0.2) is 0 Å². The van der Waals surface area contributed by atoms with E-state index in [0.29, 0.717) is 23.3 Å². The summed E-state index contributed by atoms with van der Waals surface area (Å²) in [6.45, 7) is 0.298. The van der Waals surface area contributed by atoms with Crippen LogP contribution in [0.1, 0.15) is 12.0 Å². The Morgan fingerprint density at radius 2 is 2.07 bits per heavy atom. The molecule has 1 aromatic carbocycles. The van der Waals surface area contributed by atoms with Crippen molar-refractivity contribution >= 4 is 21.6 Å². The van der Waals surface area contributed by atoms with Gasteiger partial charge in [-0.15, -0.1) is 0 Å². The van der Waals surface area contributed by atoms with E-state index in [0.717, 1.165) is 18.4 Å². The van der Waals surface area contributed by atoms with Gasteiger partial charge in [-0.3, -0.25) is 9.10 Å². The van der Waals surface area contributed by atoms with Crippen LogP contribution in [0.25, 0.3) is 0 Å². The average molecular weight is 404 g/mol. The molecule has 0 radical (unpaired) electrons. The van der Waals surface area contributed by atoms with Crippen molar-refractivity contribution < 1.29 is 26.4 Å². The maximum Gasteiger partial charge on any atom is 0.416 e. The molecule has 0 bridgehead atoms. The van der Waals surface area contributed by atoms with Gasteiger partial charge in [-0.2, -0.15) is 13.2 Å². The van der Waals surface area contributed by atoms with Gasteiger partial charge >= 0.3 is 6.18 Å². The van der Waals surface area contributed by atoms with Crippen LogP contribution < -0.4 is 9.62 Å². The average Bonchev–Trinajstić information content (AvgIpc) is 3.08. The van der Waals surface area contributed by atoms with Crippen molar-refractivity contribution in [2.75, 3.05) is 23.7 Å². The number of benzene rings is 1. The number of sulfonamides is 1. The largest absolute Gasteiger partial charge is 0.416 e. The zero-order valence-electron chi connectivity index (χ0n) is 14.5. The molecule has 1 N–H and O–H groups in total. The number of halogens is 3. The molecular formula is C16H19F3N4O3S. The van der Waals surface area contributed by atoms with Gasteiger partial charge in [-0.1, -0.05) is 6.07 Å². The molecule has 1 heterocycles. The first-order chi connectivity index (χ1) is 12.6. The minimum atomic E-state index is -4.62. The third-order valence-electron chi connectivity index (χ3n) is 3.62. The Labute approximate surface area is 154 Å². The Kier molecular flexibility index (Phi) is 6.47. The summed E-state index contributed by atoms with van der Waals surface area (Å²) in [6, 6.07) is 3.84. The van der Waals surface area contributed by atoms with Crippen LogP contribution in [-0.4, -0.2) is 43.2 Å². The van der Waals surface area contributed by atoms with E-state index < -0.39 is 34.2 Å². The molecule has 0 aliphatic heterocycles. The fourth-order valence-electron chi connectivity index (χ4n) is 2.33.